The van der Waals surface area contributed by atoms with Crippen molar-refractivity contribution < 1.29 is 0 Å². The quantitative estimate of drug-likeness (QED) is 0.734. The van der Waals surface area contributed by atoms with Crippen LogP contribution in [0.3, 0.4) is 0 Å². The molecule has 1 N–H and O–H groups in total. The van der Waals surface area contributed by atoms with E-state index in [9.17, 15) is 0 Å². The Morgan fingerprint density at radius 3 is 2.62 bits per heavy atom. The molecule has 1 nitrogen and oxygen atoms in total. The molecule has 0 heterocycles. The van der Waals surface area contributed by atoms with Crippen LogP contribution in [-0.2, 0) is 0 Å². The summed E-state index contributed by atoms with van der Waals surface area (Å²) in [5.41, 5.74) is 0. The van der Waals surface area contributed by atoms with Crippen LogP contribution in [0.5, 0.6) is 0 Å². The fraction of sp³-hybridized carbons (Fsp3) is 1.00. The van der Waals surface area contributed by atoms with Crippen LogP contribution in [0.4, 0.5) is 0 Å². The van der Waals surface area contributed by atoms with Gasteiger partial charge in [-0.1, -0.05) is 42.1 Å². The summed E-state index contributed by atoms with van der Waals surface area (Å²) in [4.78, 5) is 0.712. The molecular formula is C11H22BrN. The molecular weight excluding hydrogens is 226 g/mol. The zero-order valence-corrected chi connectivity index (χ0v) is 10.3. The molecule has 0 bridgehead atoms. The molecule has 2 heteroatoms. The summed E-state index contributed by atoms with van der Waals surface area (Å²) in [6.07, 6.45) is 9.64. The normalized spacial score (nSPS) is 21.7. The van der Waals surface area contributed by atoms with E-state index in [-0.39, 0.29) is 0 Å². The molecule has 1 saturated carbocycles. The van der Waals surface area contributed by atoms with Crippen LogP contribution in [-0.4, -0.2) is 17.4 Å². The van der Waals surface area contributed by atoms with E-state index in [1.807, 2.05) is 0 Å². The van der Waals surface area contributed by atoms with Crippen molar-refractivity contribution >= 4 is 15.9 Å². The number of rotatable bonds is 5. The SMILES string of the molecule is CCC(Br)CCNC1CCCCC1. The van der Waals surface area contributed by atoms with Gasteiger partial charge in [-0.3, -0.25) is 0 Å². The Balaban J connectivity index is 1.98. The van der Waals surface area contributed by atoms with Crippen LogP contribution >= 0.6 is 15.9 Å². The maximum atomic E-state index is 3.66. The highest BCUT2D eigenvalue weighted by Crippen LogP contribution is 2.17. The van der Waals surface area contributed by atoms with Gasteiger partial charge in [-0.05, 0) is 32.2 Å². The predicted molar refractivity (Wildman–Crippen MR) is 62.5 cm³/mol. The molecule has 1 unspecified atom stereocenters. The van der Waals surface area contributed by atoms with Crippen molar-refractivity contribution in [3.8, 4) is 0 Å². The van der Waals surface area contributed by atoms with E-state index in [2.05, 4.69) is 28.2 Å². The first-order valence-electron chi connectivity index (χ1n) is 5.70. The van der Waals surface area contributed by atoms with Crippen molar-refractivity contribution in [3.63, 3.8) is 0 Å². The lowest BCUT2D eigenvalue weighted by Gasteiger charge is -2.23. The van der Waals surface area contributed by atoms with Crippen LogP contribution in [0, 0.1) is 0 Å². The second kappa shape index (κ2) is 6.83. The first-order chi connectivity index (χ1) is 6.33. The maximum absolute atomic E-state index is 3.66. The maximum Gasteiger partial charge on any atom is 0.0155 e. The minimum absolute atomic E-state index is 0.712. The lowest BCUT2D eigenvalue weighted by atomic mass is 9.95. The number of alkyl halides is 1. The Kier molecular flexibility index (Phi) is 6.05. The fourth-order valence-electron chi connectivity index (χ4n) is 1.95. The molecule has 0 radical (unpaired) electrons. The van der Waals surface area contributed by atoms with Gasteiger partial charge in [0.1, 0.15) is 0 Å². The summed E-state index contributed by atoms with van der Waals surface area (Å²) in [5, 5.41) is 3.66. The largest absolute Gasteiger partial charge is 0.314 e. The Labute approximate surface area is 90.8 Å². The Bertz CT molecular complexity index is 121. The second-order valence-electron chi connectivity index (χ2n) is 4.08. The summed E-state index contributed by atoms with van der Waals surface area (Å²) < 4.78 is 0. The highest BCUT2D eigenvalue weighted by atomic mass is 79.9. The van der Waals surface area contributed by atoms with Crippen LogP contribution in [0.15, 0.2) is 0 Å². The van der Waals surface area contributed by atoms with Gasteiger partial charge in [-0.25, -0.2) is 0 Å². The summed E-state index contributed by atoms with van der Waals surface area (Å²) in [7, 11) is 0. The fourth-order valence-corrected chi connectivity index (χ4v) is 2.18. The molecule has 1 rings (SSSR count). The summed E-state index contributed by atoms with van der Waals surface area (Å²) >= 11 is 3.66. The van der Waals surface area contributed by atoms with Crippen molar-refractivity contribution in [1.82, 2.24) is 5.32 Å². The summed E-state index contributed by atoms with van der Waals surface area (Å²) in [6.45, 7) is 3.43. The standard InChI is InChI=1S/C11H22BrN/c1-2-10(12)8-9-13-11-6-4-3-5-7-11/h10-11,13H,2-9H2,1H3. The Morgan fingerprint density at radius 1 is 1.31 bits per heavy atom. The monoisotopic (exact) mass is 247 g/mol. The zero-order valence-electron chi connectivity index (χ0n) is 8.69. The third-order valence-corrected chi connectivity index (χ3v) is 4.04. The van der Waals surface area contributed by atoms with E-state index < -0.39 is 0 Å². The first kappa shape index (κ1) is 11.5. The van der Waals surface area contributed by atoms with Gasteiger partial charge in [0.05, 0.1) is 0 Å². The highest BCUT2D eigenvalue weighted by molar-refractivity contribution is 9.09. The van der Waals surface area contributed by atoms with E-state index in [4.69, 9.17) is 0 Å². The van der Waals surface area contributed by atoms with E-state index in [1.165, 1.54) is 51.5 Å². The molecule has 0 spiro atoms. The minimum Gasteiger partial charge on any atom is -0.314 e. The molecule has 1 fully saturated rings. The molecule has 0 aromatic carbocycles. The number of hydrogen-bond donors (Lipinski definition) is 1. The predicted octanol–water partition coefficient (Wildman–Crippen LogP) is 3.47. The van der Waals surface area contributed by atoms with E-state index in [1.54, 1.807) is 0 Å². The van der Waals surface area contributed by atoms with E-state index in [0.29, 0.717) is 4.83 Å². The number of halogens is 1. The number of hydrogen-bond acceptors (Lipinski definition) is 1. The summed E-state index contributed by atoms with van der Waals surface area (Å²) in [6, 6.07) is 0.824. The lowest BCUT2D eigenvalue weighted by Crippen LogP contribution is -2.32. The van der Waals surface area contributed by atoms with Crippen LogP contribution in [0.1, 0.15) is 51.9 Å². The van der Waals surface area contributed by atoms with Gasteiger partial charge in [0.25, 0.3) is 0 Å². The van der Waals surface area contributed by atoms with Gasteiger partial charge >= 0.3 is 0 Å². The second-order valence-corrected chi connectivity index (χ2v) is 5.38. The average Bonchev–Trinajstić information content (AvgIpc) is 2.19. The van der Waals surface area contributed by atoms with Crippen molar-refractivity contribution in [2.24, 2.45) is 0 Å². The van der Waals surface area contributed by atoms with Crippen molar-refractivity contribution in [1.29, 1.82) is 0 Å². The topological polar surface area (TPSA) is 12.0 Å². The molecule has 0 saturated heterocycles. The minimum atomic E-state index is 0.712. The molecule has 1 atom stereocenters. The Morgan fingerprint density at radius 2 is 2.00 bits per heavy atom. The summed E-state index contributed by atoms with van der Waals surface area (Å²) in [5.74, 6) is 0. The van der Waals surface area contributed by atoms with Gasteiger partial charge in [0.15, 0.2) is 0 Å². The molecule has 1 aliphatic rings. The van der Waals surface area contributed by atoms with Gasteiger partial charge in [-0.2, -0.15) is 0 Å². The van der Waals surface area contributed by atoms with Crippen LogP contribution in [0.2, 0.25) is 0 Å². The third-order valence-electron chi connectivity index (χ3n) is 2.94. The van der Waals surface area contributed by atoms with E-state index in [0.717, 1.165) is 6.04 Å². The van der Waals surface area contributed by atoms with E-state index >= 15 is 0 Å². The molecule has 0 aliphatic heterocycles. The number of nitrogens with one attached hydrogen (secondary N) is 1. The average molecular weight is 248 g/mol. The van der Waals surface area contributed by atoms with Gasteiger partial charge in [-0.15, -0.1) is 0 Å². The molecule has 0 aromatic heterocycles. The molecule has 0 amide bonds. The third kappa shape index (κ3) is 5.02. The van der Waals surface area contributed by atoms with Crippen LogP contribution in [0.25, 0.3) is 0 Å². The van der Waals surface area contributed by atoms with Crippen molar-refractivity contribution in [2.75, 3.05) is 6.54 Å². The zero-order chi connectivity index (χ0) is 9.52. The molecule has 13 heavy (non-hydrogen) atoms. The van der Waals surface area contributed by atoms with Gasteiger partial charge in [0, 0.05) is 10.9 Å². The lowest BCUT2D eigenvalue weighted by molar-refractivity contribution is 0.371. The Hall–Kier alpha value is 0.440. The first-order valence-corrected chi connectivity index (χ1v) is 6.62. The van der Waals surface area contributed by atoms with Crippen LogP contribution < -0.4 is 5.32 Å². The van der Waals surface area contributed by atoms with Crippen molar-refractivity contribution in [3.05, 3.63) is 0 Å². The van der Waals surface area contributed by atoms with Gasteiger partial charge < -0.3 is 5.32 Å². The van der Waals surface area contributed by atoms with Crippen molar-refractivity contribution in [2.45, 2.75) is 62.7 Å². The molecule has 0 aromatic rings. The molecule has 1 aliphatic carbocycles. The molecule has 78 valence electrons. The highest BCUT2D eigenvalue weighted by Gasteiger charge is 2.12. The smallest absolute Gasteiger partial charge is 0.0155 e. The van der Waals surface area contributed by atoms with Gasteiger partial charge in [0.2, 0.25) is 0 Å².